The highest BCUT2D eigenvalue weighted by atomic mass is 35.5. The Labute approximate surface area is 194 Å². The van der Waals surface area contributed by atoms with E-state index < -0.39 is 11.6 Å². The van der Waals surface area contributed by atoms with Crippen LogP contribution in [-0.4, -0.2) is 52.0 Å². The van der Waals surface area contributed by atoms with Gasteiger partial charge >= 0.3 is 6.09 Å². The first-order chi connectivity index (χ1) is 15.2. The fraction of sp³-hybridized carbons (Fsp3) is 0.480. The minimum atomic E-state index is -0.943. The van der Waals surface area contributed by atoms with Gasteiger partial charge in [-0.1, -0.05) is 30.2 Å². The van der Waals surface area contributed by atoms with E-state index in [2.05, 4.69) is 23.2 Å². The molecule has 32 heavy (non-hydrogen) atoms. The van der Waals surface area contributed by atoms with Crippen LogP contribution in [0.25, 0.3) is 0 Å². The lowest BCUT2D eigenvalue weighted by Crippen LogP contribution is -2.46. The van der Waals surface area contributed by atoms with Crippen molar-refractivity contribution in [2.24, 2.45) is 4.99 Å². The van der Waals surface area contributed by atoms with Crippen molar-refractivity contribution in [3.05, 3.63) is 58.4 Å². The van der Waals surface area contributed by atoms with Gasteiger partial charge in [-0.25, -0.2) is 9.78 Å². The molecule has 1 aliphatic heterocycles. The summed E-state index contributed by atoms with van der Waals surface area (Å²) in [7, 11) is 0. The van der Waals surface area contributed by atoms with E-state index in [1.54, 1.807) is 6.07 Å². The van der Waals surface area contributed by atoms with Crippen LogP contribution in [0.4, 0.5) is 4.79 Å². The molecule has 0 radical (unpaired) electrons. The van der Waals surface area contributed by atoms with E-state index in [1.165, 1.54) is 10.5 Å². The predicted molar refractivity (Wildman–Crippen MR) is 126 cm³/mol. The van der Waals surface area contributed by atoms with Gasteiger partial charge in [0.15, 0.2) is 0 Å². The van der Waals surface area contributed by atoms with E-state index in [-0.39, 0.29) is 12.0 Å². The summed E-state index contributed by atoms with van der Waals surface area (Å²) in [6, 6.07) is 11.9. The SMILES string of the molecule is CC(C)(C)N(CCOc1ccc2c(c1)C(C1(c3cccc(Cl)n3)CCC1)=NCC2)C(=O)O. The van der Waals surface area contributed by atoms with Crippen LogP contribution in [0.2, 0.25) is 5.15 Å². The monoisotopic (exact) mass is 455 g/mol. The Balaban J connectivity index is 1.57. The second-order valence-corrected chi connectivity index (χ2v) is 9.92. The minimum Gasteiger partial charge on any atom is -0.492 e. The number of pyridine rings is 1. The summed E-state index contributed by atoms with van der Waals surface area (Å²) in [6.45, 7) is 6.99. The lowest BCUT2D eigenvalue weighted by molar-refractivity contribution is 0.0892. The van der Waals surface area contributed by atoms with Gasteiger partial charge in [-0.15, -0.1) is 0 Å². The Hall–Kier alpha value is -2.60. The van der Waals surface area contributed by atoms with E-state index in [0.29, 0.717) is 11.7 Å². The van der Waals surface area contributed by atoms with Crippen molar-refractivity contribution >= 4 is 23.4 Å². The average molecular weight is 456 g/mol. The van der Waals surface area contributed by atoms with Crippen LogP contribution in [0, 0.1) is 0 Å². The third kappa shape index (κ3) is 4.33. The zero-order valence-electron chi connectivity index (χ0n) is 18.9. The highest BCUT2D eigenvalue weighted by Crippen LogP contribution is 2.47. The number of amides is 1. The van der Waals surface area contributed by atoms with Gasteiger partial charge in [-0.3, -0.25) is 4.99 Å². The summed E-state index contributed by atoms with van der Waals surface area (Å²) in [6.07, 6.45) is 3.10. The molecular formula is C25H30ClN3O3. The van der Waals surface area contributed by atoms with Gasteiger partial charge in [-0.2, -0.15) is 0 Å². The predicted octanol–water partition coefficient (Wildman–Crippen LogP) is 5.36. The summed E-state index contributed by atoms with van der Waals surface area (Å²) in [4.78, 5) is 22.6. The van der Waals surface area contributed by atoms with Crippen LogP contribution >= 0.6 is 11.6 Å². The molecule has 1 amide bonds. The molecule has 1 N–H and O–H groups in total. The second kappa shape index (κ2) is 8.74. The Bertz CT molecular complexity index is 1040. The molecule has 1 aliphatic carbocycles. The fourth-order valence-electron chi connectivity index (χ4n) is 4.66. The van der Waals surface area contributed by atoms with Gasteiger partial charge in [-0.05, 0) is 69.9 Å². The molecule has 0 spiro atoms. The smallest absolute Gasteiger partial charge is 0.407 e. The highest BCUT2D eigenvalue weighted by Gasteiger charge is 2.46. The highest BCUT2D eigenvalue weighted by molar-refractivity contribution is 6.29. The lowest BCUT2D eigenvalue weighted by atomic mass is 9.61. The van der Waals surface area contributed by atoms with Gasteiger partial charge < -0.3 is 14.7 Å². The number of aliphatic imine (C=N–C) groups is 1. The van der Waals surface area contributed by atoms with Gasteiger partial charge in [0, 0.05) is 17.6 Å². The summed E-state index contributed by atoms with van der Waals surface area (Å²) in [5, 5.41) is 9.99. The standard InChI is InChI=1S/C25H30ClN3O3/c1-24(2,3)29(23(30)31)14-15-32-18-9-8-17-10-13-27-22(19(17)16-18)25(11-5-12-25)20-6-4-7-21(26)28-20/h4,6-9,16H,5,10-15H2,1-3H3,(H,30,31). The number of carboxylic acid groups (broad SMARTS) is 1. The number of hydrogen-bond donors (Lipinski definition) is 1. The molecular weight excluding hydrogens is 426 g/mol. The first-order valence-electron chi connectivity index (χ1n) is 11.2. The molecule has 0 unspecified atom stereocenters. The summed E-state index contributed by atoms with van der Waals surface area (Å²) >= 11 is 6.22. The van der Waals surface area contributed by atoms with Crippen LogP contribution in [0.1, 0.15) is 56.9 Å². The van der Waals surface area contributed by atoms with Crippen molar-refractivity contribution in [2.75, 3.05) is 19.7 Å². The third-order valence-corrected chi connectivity index (χ3v) is 6.69. The van der Waals surface area contributed by atoms with Crippen molar-refractivity contribution in [3.8, 4) is 5.75 Å². The fourth-order valence-corrected chi connectivity index (χ4v) is 4.82. The van der Waals surface area contributed by atoms with Crippen LogP contribution in [-0.2, 0) is 11.8 Å². The molecule has 0 atom stereocenters. The molecule has 4 rings (SSSR count). The average Bonchev–Trinajstić information content (AvgIpc) is 2.69. The molecule has 1 aromatic carbocycles. The van der Waals surface area contributed by atoms with Crippen molar-refractivity contribution in [1.82, 2.24) is 9.88 Å². The summed E-state index contributed by atoms with van der Waals surface area (Å²) in [5.74, 6) is 0.728. The number of aromatic nitrogens is 1. The van der Waals surface area contributed by atoms with Gasteiger partial charge in [0.1, 0.15) is 17.5 Å². The first kappa shape index (κ1) is 22.6. The second-order valence-electron chi connectivity index (χ2n) is 9.53. The lowest BCUT2D eigenvalue weighted by Gasteiger charge is -2.44. The molecule has 2 aliphatic rings. The molecule has 6 nitrogen and oxygen atoms in total. The van der Waals surface area contributed by atoms with E-state index >= 15 is 0 Å². The number of ether oxygens (including phenoxy) is 1. The van der Waals surface area contributed by atoms with E-state index in [4.69, 9.17) is 21.3 Å². The maximum absolute atomic E-state index is 11.6. The van der Waals surface area contributed by atoms with Crippen LogP contribution in [0.15, 0.2) is 41.4 Å². The van der Waals surface area contributed by atoms with Crippen molar-refractivity contribution in [3.63, 3.8) is 0 Å². The Morgan fingerprint density at radius 3 is 2.66 bits per heavy atom. The molecule has 0 saturated heterocycles. The van der Waals surface area contributed by atoms with Crippen LogP contribution in [0.3, 0.4) is 0 Å². The molecule has 7 heteroatoms. The molecule has 0 bridgehead atoms. The Morgan fingerprint density at radius 2 is 2.03 bits per heavy atom. The summed E-state index contributed by atoms with van der Waals surface area (Å²) < 4.78 is 5.99. The van der Waals surface area contributed by atoms with Crippen LogP contribution < -0.4 is 4.74 Å². The van der Waals surface area contributed by atoms with E-state index in [9.17, 15) is 9.90 Å². The van der Waals surface area contributed by atoms with Crippen molar-refractivity contribution in [1.29, 1.82) is 0 Å². The molecule has 2 aromatic rings. The van der Waals surface area contributed by atoms with E-state index in [1.807, 2.05) is 32.9 Å². The number of benzene rings is 1. The van der Waals surface area contributed by atoms with Crippen molar-refractivity contribution in [2.45, 2.75) is 57.4 Å². The Morgan fingerprint density at radius 1 is 1.25 bits per heavy atom. The third-order valence-electron chi connectivity index (χ3n) is 6.48. The molecule has 170 valence electrons. The number of nitrogens with zero attached hydrogens (tertiary/aromatic N) is 3. The topological polar surface area (TPSA) is 75.0 Å². The quantitative estimate of drug-likeness (QED) is 0.595. The Kier molecular flexibility index (Phi) is 6.17. The van der Waals surface area contributed by atoms with Gasteiger partial charge in [0.05, 0.1) is 23.4 Å². The molecule has 2 heterocycles. The maximum Gasteiger partial charge on any atom is 0.407 e. The largest absolute Gasteiger partial charge is 0.492 e. The number of fused-ring (bicyclic) bond motifs is 1. The molecule has 1 fully saturated rings. The zero-order chi connectivity index (χ0) is 22.9. The summed E-state index contributed by atoms with van der Waals surface area (Å²) in [5.41, 5.74) is 3.75. The van der Waals surface area contributed by atoms with E-state index in [0.717, 1.165) is 54.9 Å². The number of rotatable bonds is 6. The minimum absolute atomic E-state index is 0.203. The molecule has 1 aromatic heterocycles. The van der Waals surface area contributed by atoms with Crippen molar-refractivity contribution < 1.29 is 14.6 Å². The molecule has 1 saturated carbocycles. The normalized spacial score (nSPS) is 17.1. The van der Waals surface area contributed by atoms with Gasteiger partial charge in [0.25, 0.3) is 0 Å². The number of carbonyl (C=O) groups is 1. The number of hydrogen-bond acceptors (Lipinski definition) is 4. The van der Waals surface area contributed by atoms with Crippen LogP contribution in [0.5, 0.6) is 5.75 Å². The zero-order valence-corrected chi connectivity index (χ0v) is 19.7. The first-order valence-corrected chi connectivity index (χ1v) is 11.5. The maximum atomic E-state index is 11.6. The number of halogens is 1. The van der Waals surface area contributed by atoms with Gasteiger partial charge in [0.2, 0.25) is 0 Å².